The molecule has 0 radical (unpaired) electrons. The Morgan fingerprint density at radius 1 is 0.319 bits per heavy atom. The average Bonchev–Trinajstić information content (AvgIpc) is 4.09. The summed E-state index contributed by atoms with van der Waals surface area (Å²) in [7, 11) is 0. The van der Waals surface area contributed by atoms with E-state index in [0.717, 1.165) is 105 Å². The van der Waals surface area contributed by atoms with E-state index in [2.05, 4.69) is 209 Å². The Balaban J connectivity index is 1.09. The Labute approximate surface area is 396 Å². The van der Waals surface area contributed by atoms with Gasteiger partial charge in [-0.25, -0.2) is 15.0 Å². The first kappa shape index (κ1) is 38.8. The summed E-state index contributed by atoms with van der Waals surface area (Å²) in [5, 5.41) is 6.75. The van der Waals surface area contributed by atoms with E-state index in [1.165, 1.54) is 10.8 Å². The van der Waals surface area contributed by atoms with Crippen molar-refractivity contribution in [2.24, 2.45) is 0 Å². The first-order valence-electron chi connectivity index (χ1n) is 23.3. The highest BCUT2D eigenvalue weighted by Gasteiger charge is 2.26. The summed E-state index contributed by atoms with van der Waals surface area (Å²) in [6, 6.07) is 83.2. The minimum Gasteiger partial charge on any atom is -0.455 e. The van der Waals surface area contributed by atoms with Crippen molar-refractivity contribution in [1.82, 2.24) is 24.1 Å². The fourth-order valence-corrected chi connectivity index (χ4v) is 10.5. The SMILES string of the molecule is c1ccc(-c2nc(-c3ccccc3)nc(-c3cc(-c4ccccc4)c(-n4c5ccccc5c5c6oc7ccc8c9ccccc9n(-c9ccccc9)c8c7c6ccc54)c(-c4ccccc4)c3)n2)cc1. The third-order valence-corrected chi connectivity index (χ3v) is 13.5. The van der Waals surface area contributed by atoms with Crippen LogP contribution in [-0.4, -0.2) is 24.1 Å². The van der Waals surface area contributed by atoms with Crippen molar-refractivity contribution in [3.8, 4) is 67.8 Å². The maximum absolute atomic E-state index is 7.17. The van der Waals surface area contributed by atoms with Crippen LogP contribution in [0.15, 0.2) is 241 Å². The molecular formula is C63H39N5O. The first-order chi connectivity index (χ1) is 34.2. The average molecular weight is 882 g/mol. The van der Waals surface area contributed by atoms with E-state index >= 15 is 0 Å². The van der Waals surface area contributed by atoms with Gasteiger partial charge in [0.05, 0.1) is 38.5 Å². The molecule has 0 atom stereocenters. The minimum absolute atomic E-state index is 0.592. The van der Waals surface area contributed by atoms with Crippen LogP contribution in [0.3, 0.4) is 0 Å². The molecule has 0 amide bonds. The Kier molecular flexibility index (Phi) is 8.79. The predicted molar refractivity (Wildman–Crippen MR) is 283 cm³/mol. The van der Waals surface area contributed by atoms with Gasteiger partial charge in [-0.1, -0.05) is 176 Å². The van der Waals surface area contributed by atoms with Crippen LogP contribution in [-0.2, 0) is 0 Å². The molecule has 0 aliphatic carbocycles. The summed E-state index contributed by atoms with van der Waals surface area (Å²) in [5.74, 6) is 1.82. The molecule has 0 aliphatic rings. The molecule has 0 aliphatic heterocycles. The number of benzene rings is 10. The van der Waals surface area contributed by atoms with Gasteiger partial charge in [0.1, 0.15) is 11.2 Å². The van der Waals surface area contributed by atoms with Crippen LogP contribution >= 0.6 is 0 Å². The molecule has 0 saturated carbocycles. The quantitative estimate of drug-likeness (QED) is 0.160. The Bertz CT molecular complexity index is 4150. The van der Waals surface area contributed by atoms with Gasteiger partial charge in [0.25, 0.3) is 0 Å². The molecule has 10 aromatic carbocycles. The van der Waals surface area contributed by atoms with E-state index in [-0.39, 0.29) is 0 Å². The Morgan fingerprint density at radius 2 is 0.783 bits per heavy atom. The van der Waals surface area contributed by atoms with Gasteiger partial charge in [-0.2, -0.15) is 0 Å². The van der Waals surface area contributed by atoms with E-state index in [0.29, 0.717) is 17.5 Å². The van der Waals surface area contributed by atoms with E-state index in [4.69, 9.17) is 19.4 Å². The van der Waals surface area contributed by atoms with Gasteiger partial charge in [0.2, 0.25) is 0 Å². The summed E-state index contributed by atoms with van der Waals surface area (Å²) in [6.45, 7) is 0. The van der Waals surface area contributed by atoms with Gasteiger partial charge in [-0.15, -0.1) is 0 Å². The highest BCUT2D eigenvalue weighted by molar-refractivity contribution is 6.30. The number of para-hydroxylation sites is 3. The third-order valence-electron chi connectivity index (χ3n) is 13.5. The summed E-state index contributed by atoms with van der Waals surface area (Å²) in [5.41, 5.74) is 15.2. The van der Waals surface area contributed by atoms with E-state index in [1.54, 1.807) is 0 Å². The first-order valence-corrected chi connectivity index (χ1v) is 23.3. The van der Waals surface area contributed by atoms with Gasteiger partial charge in [-0.3, -0.25) is 0 Å². The minimum atomic E-state index is 0.592. The van der Waals surface area contributed by atoms with Gasteiger partial charge in [0.15, 0.2) is 17.5 Å². The van der Waals surface area contributed by atoms with Crippen LogP contribution < -0.4 is 0 Å². The van der Waals surface area contributed by atoms with Crippen LogP contribution in [0.25, 0.3) is 133 Å². The zero-order chi connectivity index (χ0) is 45.4. The molecule has 69 heavy (non-hydrogen) atoms. The van der Waals surface area contributed by atoms with E-state index in [9.17, 15) is 0 Å². The highest BCUT2D eigenvalue weighted by atomic mass is 16.3. The summed E-state index contributed by atoms with van der Waals surface area (Å²) < 4.78 is 12.0. The van der Waals surface area contributed by atoms with E-state index < -0.39 is 0 Å². The van der Waals surface area contributed by atoms with Crippen molar-refractivity contribution < 1.29 is 4.42 Å². The van der Waals surface area contributed by atoms with Crippen LogP contribution in [0, 0.1) is 0 Å². The second-order valence-electron chi connectivity index (χ2n) is 17.5. The van der Waals surface area contributed by atoms with Crippen molar-refractivity contribution in [2.75, 3.05) is 0 Å². The standard InChI is InChI=1S/C63H39N5O/c1-6-20-40(21-7-1)50-38-44(63-65-61(42-24-10-3-11-25-42)64-62(66-63)43-26-12-4-13-27-43)39-51(41-22-8-2-9-23-41)58(50)68-53-33-19-17-31-48(53)56-54(68)36-34-49-57-55(69-60(49)56)37-35-47-46-30-16-18-32-52(46)67(59(47)57)45-28-14-5-15-29-45/h1-39H. The zero-order valence-electron chi connectivity index (χ0n) is 37.2. The van der Waals surface area contributed by atoms with Gasteiger partial charge in [0, 0.05) is 55.0 Å². The fourth-order valence-electron chi connectivity index (χ4n) is 10.5. The van der Waals surface area contributed by atoms with Crippen LogP contribution in [0.2, 0.25) is 0 Å². The van der Waals surface area contributed by atoms with Crippen molar-refractivity contribution in [2.45, 2.75) is 0 Å². The van der Waals surface area contributed by atoms with Crippen molar-refractivity contribution in [3.63, 3.8) is 0 Å². The second kappa shape index (κ2) is 15.6. The van der Waals surface area contributed by atoms with E-state index in [1.807, 2.05) is 36.4 Å². The lowest BCUT2D eigenvalue weighted by Crippen LogP contribution is -2.04. The molecule has 0 N–H and O–H groups in total. The molecule has 322 valence electrons. The largest absolute Gasteiger partial charge is 0.455 e. The zero-order valence-corrected chi connectivity index (χ0v) is 37.2. The number of hydrogen-bond acceptors (Lipinski definition) is 4. The smallest absolute Gasteiger partial charge is 0.164 e. The Hall–Kier alpha value is -9.39. The fraction of sp³-hybridized carbons (Fsp3) is 0. The highest BCUT2D eigenvalue weighted by Crippen LogP contribution is 2.48. The van der Waals surface area contributed by atoms with Gasteiger partial charge in [-0.05, 0) is 71.8 Å². The van der Waals surface area contributed by atoms with Crippen LogP contribution in [0.5, 0.6) is 0 Å². The van der Waals surface area contributed by atoms with Crippen molar-refractivity contribution in [1.29, 1.82) is 0 Å². The molecule has 14 rings (SSSR count). The molecule has 0 unspecified atom stereocenters. The summed E-state index contributed by atoms with van der Waals surface area (Å²) in [6.07, 6.45) is 0. The van der Waals surface area contributed by atoms with Gasteiger partial charge >= 0.3 is 0 Å². The van der Waals surface area contributed by atoms with Crippen molar-refractivity contribution in [3.05, 3.63) is 237 Å². The molecule has 0 bridgehead atoms. The van der Waals surface area contributed by atoms with Crippen LogP contribution in [0.1, 0.15) is 0 Å². The molecule has 0 fully saturated rings. The third kappa shape index (κ3) is 6.16. The van der Waals surface area contributed by atoms with Crippen LogP contribution in [0.4, 0.5) is 0 Å². The molecule has 4 aromatic heterocycles. The molecule has 0 spiro atoms. The Morgan fingerprint density at radius 3 is 1.36 bits per heavy atom. The molecule has 4 heterocycles. The number of rotatable bonds is 7. The number of aromatic nitrogens is 5. The van der Waals surface area contributed by atoms with Gasteiger partial charge < -0.3 is 13.6 Å². The molecule has 14 aromatic rings. The molecule has 6 nitrogen and oxygen atoms in total. The number of fused-ring (bicyclic) bond motifs is 11. The summed E-state index contributed by atoms with van der Waals surface area (Å²) in [4.78, 5) is 15.5. The maximum atomic E-state index is 7.17. The second-order valence-corrected chi connectivity index (χ2v) is 17.5. The maximum Gasteiger partial charge on any atom is 0.164 e. The normalized spacial score (nSPS) is 11.8. The summed E-state index contributed by atoms with van der Waals surface area (Å²) >= 11 is 0. The lowest BCUT2D eigenvalue weighted by Gasteiger charge is -2.21. The lowest BCUT2D eigenvalue weighted by atomic mass is 9.92. The number of furan rings is 1. The lowest BCUT2D eigenvalue weighted by molar-refractivity contribution is 0.673. The monoisotopic (exact) mass is 881 g/mol. The number of hydrogen-bond donors (Lipinski definition) is 0. The van der Waals surface area contributed by atoms with Crippen molar-refractivity contribution >= 4 is 65.6 Å². The predicted octanol–water partition coefficient (Wildman–Crippen LogP) is 16.3. The number of nitrogens with zero attached hydrogens (tertiary/aromatic N) is 5. The molecule has 6 heteroatoms. The molecule has 0 saturated heterocycles. The topological polar surface area (TPSA) is 61.7 Å². The molecular weight excluding hydrogens is 843 g/mol.